The van der Waals surface area contributed by atoms with Gasteiger partial charge in [0, 0.05) is 23.8 Å². The van der Waals surface area contributed by atoms with E-state index in [0.717, 1.165) is 17.9 Å². The molecule has 2 atom stereocenters. The Morgan fingerprint density at radius 2 is 2.29 bits per heavy atom. The molecule has 0 amide bonds. The van der Waals surface area contributed by atoms with Crippen molar-refractivity contribution in [2.75, 3.05) is 6.54 Å². The Labute approximate surface area is 107 Å². The molecule has 2 rings (SSSR count). The zero-order chi connectivity index (χ0) is 12.3. The third kappa shape index (κ3) is 3.07. The van der Waals surface area contributed by atoms with Crippen molar-refractivity contribution in [1.82, 2.24) is 14.7 Å². The molecule has 2 unspecified atom stereocenters. The molecule has 3 nitrogen and oxygen atoms in total. The molecule has 1 N–H and O–H groups in total. The molecule has 0 bridgehead atoms. The maximum Gasteiger partial charge on any atom is 0.193 e. The summed E-state index contributed by atoms with van der Waals surface area (Å²) in [6.45, 7) is 7.86. The SMILES string of the molecule is CCCNC(C)C(C)Cc1cn2ccsc2n1. The summed E-state index contributed by atoms with van der Waals surface area (Å²) in [7, 11) is 0. The zero-order valence-corrected chi connectivity index (χ0v) is 11.6. The number of nitrogens with zero attached hydrogens (tertiary/aromatic N) is 2. The van der Waals surface area contributed by atoms with Crippen LogP contribution in [0, 0.1) is 5.92 Å². The van der Waals surface area contributed by atoms with Crippen molar-refractivity contribution in [3.63, 3.8) is 0 Å². The van der Waals surface area contributed by atoms with Crippen LogP contribution in [0.25, 0.3) is 4.96 Å². The highest BCUT2D eigenvalue weighted by Crippen LogP contribution is 2.15. The quantitative estimate of drug-likeness (QED) is 0.855. The van der Waals surface area contributed by atoms with Crippen LogP contribution in [0.1, 0.15) is 32.9 Å². The molecule has 17 heavy (non-hydrogen) atoms. The first kappa shape index (κ1) is 12.6. The second kappa shape index (κ2) is 5.65. The Hall–Kier alpha value is -0.870. The average molecular weight is 251 g/mol. The van der Waals surface area contributed by atoms with E-state index < -0.39 is 0 Å². The zero-order valence-electron chi connectivity index (χ0n) is 10.8. The Morgan fingerprint density at radius 1 is 1.47 bits per heavy atom. The smallest absolute Gasteiger partial charge is 0.193 e. The molecule has 0 aliphatic rings. The lowest BCUT2D eigenvalue weighted by atomic mass is 9.98. The molecule has 0 spiro atoms. The van der Waals surface area contributed by atoms with Gasteiger partial charge in [-0.05, 0) is 32.2 Å². The van der Waals surface area contributed by atoms with Crippen molar-refractivity contribution < 1.29 is 0 Å². The van der Waals surface area contributed by atoms with Gasteiger partial charge in [-0.15, -0.1) is 11.3 Å². The van der Waals surface area contributed by atoms with Crippen molar-refractivity contribution in [2.24, 2.45) is 5.92 Å². The fourth-order valence-electron chi connectivity index (χ4n) is 1.95. The van der Waals surface area contributed by atoms with Crippen molar-refractivity contribution in [3.8, 4) is 0 Å². The first-order valence-electron chi connectivity index (χ1n) is 6.35. The van der Waals surface area contributed by atoms with Gasteiger partial charge in [0.2, 0.25) is 0 Å². The lowest BCUT2D eigenvalue weighted by Crippen LogP contribution is -2.33. The van der Waals surface area contributed by atoms with E-state index >= 15 is 0 Å². The van der Waals surface area contributed by atoms with Gasteiger partial charge >= 0.3 is 0 Å². The Bertz CT molecular complexity index is 431. The van der Waals surface area contributed by atoms with Crippen LogP contribution in [-0.2, 0) is 6.42 Å². The van der Waals surface area contributed by atoms with Crippen molar-refractivity contribution >= 4 is 16.3 Å². The van der Waals surface area contributed by atoms with E-state index in [0.29, 0.717) is 12.0 Å². The molecule has 0 aromatic carbocycles. The van der Waals surface area contributed by atoms with Gasteiger partial charge in [-0.2, -0.15) is 0 Å². The molecule has 94 valence electrons. The van der Waals surface area contributed by atoms with Gasteiger partial charge in [0.1, 0.15) is 0 Å². The average Bonchev–Trinajstić information content (AvgIpc) is 2.86. The van der Waals surface area contributed by atoms with Crippen LogP contribution in [-0.4, -0.2) is 22.0 Å². The first-order valence-corrected chi connectivity index (χ1v) is 7.23. The summed E-state index contributed by atoms with van der Waals surface area (Å²) in [4.78, 5) is 5.73. The second-order valence-electron chi connectivity index (χ2n) is 4.75. The molecule has 0 aliphatic heterocycles. The largest absolute Gasteiger partial charge is 0.314 e. The molecule has 0 aliphatic carbocycles. The fraction of sp³-hybridized carbons (Fsp3) is 0.615. The van der Waals surface area contributed by atoms with E-state index in [9.17, 15) is 0 Å². The number of rotatable bonds is 6. The molecule has 4 heteroatoms. The normalized spacial score (nSPS) is 15.2. The molecule has 0 saturated heterocycles. The fourth-order valence-corrected chi connectivity index (χ4v) is 2.67. The van der Waals surface area contributed by atoms with Gasteiger partial charge < -0.3 is 5.32 Å². The lowest BCUT2D eigenvalue weighted by molar-refractivity contribution is 0.397. The van der Waals surface area contributed by atoms with Gasteiger partial charge in [0.25, 0.3) is 0 Å². The van der Waals surface area contributed by atoms with E-state index in [1.807, 2.05) is 0 Å². The van der Waals surface area contributed by atoms with Crippen LogP contribution in [0.2, 0.25) is 0 Å². The van der Waals surface area contributed by atoms with Crippen molar-refractivity contribution in [1.29, 1.82) is 0 Å². The molecule has 2 aromatic rings. The number of fused-ring (bicyclic) bond motifs is 1. The Kier molecular flexibility index (Phi) is 4.18. The topological polar surface area (TPSA) is 29.3 Å². The summed E-state index contributed by atoms with van der Waals surface area (Å²) >= 11 is 1.69. The van der Waals surface area contributed by atoms with Crippen LogP contribution in [0.15, 0.2) is 17.8 Å². The second-order valence-corrected chi connectivity index (χ2v) is 5.62. The minimum atomic E-state index is 0.551. The minimum Gasteiger partial charge on any atom is -0.314 e. The molecule has 0 radical (unpaired) electrons. The monoisotopic (exact) mass is 251 g/mol. The van der Waals surface area contributed by atoms with Gasteiger partial charge in [-0.25, -0.2) is 4.98 Å². The van der Waals surface area contributed by atoms with Gasteiger partial charge in [-0.3, -0.25) is 4.40 Å². The molecule has 0 saturated carbocycles. The number of thiazole rings is 1. The van der Waals surface area contributed by atoms with Gasteiger partial charge in [0.15, 0.2) is 4.96 Å². The number of nitrogens with one attached hydrogen (secondary N) is 1. The van der Waals surface area contributed by atoms with Crippen LogP contribution in [0.3, 0.4) is 0 Å². The van der Waals surface area contributed by atoms with Crippen LogP contribution < -0.4 is 5.32 Å². The van der Waals surface area contributed by atoms with E-state index in [-0.39, 0.29) is 0 Å². The van der Waals surface area contributed by atoms with Crippen LogP contribution >= 0.6 is 11.3 Å². The highest BCUT2D eigenvalue weighted by Gasteiger charge is 2.14. The predicted molar refractivity (Wildman–Crippen MR) is 73.7 cm³/mol. The van der Waals surface area contributed by atoms with E-state index in [4.69, 9.17) is 0 Å². The van der Waals surface area contributed by atoms with Crippen LogP contribution in [0.4, 0.5) is 0 Å². The summed E-state index contributed by atoms with van der Waals surface area (Å²) in [6.07, 6.45) is 6.46. The van der Waals surface area contributed by atoms with Crippen molar-refractivity contribution in [2.45, 2.75) is 39.7 Å². The summed E-state index contributed by atoms with van der Waals surface area (Å²) in [5.41, 5.74) is 1.20. The third-order valence-electron chi connectivity index (χ3n) is 3.24. The summed E-state index contributed by atoms with van der Waals surface area (Å²) in [6, 6.07) is 0.551. The standard InChI is InChI=1S/C13H21N3S/c1-4-5-14-11(3)10(2)8-12-9-16-6-7-17-13(16)15-12/h6-7,9-11,14H,4-5,8H2,1-3H3. The van der Waals surface area contributed by atoms with E-state index in [1.54, 1.807) is 11.3 Å². The number of hydrogen-bond acceptors (Lipinski definition) is 3. The maximum atomic E-state index is 4.63. The van der Waals surface area contributed by atoms with E-state index in [2.05, 4.69) is 53.2 Å². The number of aromatic nitrogens is 2. The summed E-state index contributed by atoms with van der Waals surface area (Å²) in [5, 5.41) is 5.62. The van der Waals surface area contributed by atoms with Gasteiger partial charge in [0.05, 0.1) is 5.69 Å². The molecule has 2 aromatic heterocycles. The predicted octanol–water partition coefficient (Wildman–Crippen LogP) is 2.96. The summed E-state index contributed by atoms with van der Waals surface area (Å²) in [5.74, 6) is 0.617. The molecule has 2 heterocycles. The molecule has 0 fully saturated rings. The highest BCUT2D eigenvalue weighted by molar-refractivity contribution is 7.15. The lowest BCUT2D eigenvalue weighted by Gasteiger charge is -2.20. The Morgan fingerprint density at radius 3 is 3.00 bits per heavy atom. The van der Waals surface area contributed by atoms with E-state index in [1.165, 1.54) is 12.1 Å². The molecular weight excluding hydrogens is 230 g/mol. The number of imidazole rings is 1. The Balaban J connectivity index is 1.93. The molecular formula is C13H21N3S. The summed E-state index contributed by atoms with van der Waals surface area (Å²) < 4.78 is 2.11. The maximum absolute atomic E-state index is 4.63. The van der Waals surface area contributed by atoms with Crippen LogP contribution in [0.5, 0.6) is 0 Å². The minimum absolute atomic E-state index is 0.551. The highest BCUT2D eigenvalue weighted by atomic mass is 32.1. The first-order chi connectivity index (χ1) is 8.20. The number of hydrogen-bond donors (Lipinski definition) is 1. The van der Waals surface area contributed by atoms with Crippen molar-refractivity contribution in [3.05, 3.63) is 23.5 Å². The third-order valence-corrected chi connectivity index (χ3v) is 4.01. The van der Waals surface area contributed by atoms with Gasteiger partial charge in [-0.1, -0.05) is 13.8 Å².